The molecule has 0 radical (unpaired) electrons. The zero-order valence-corrected chi connectivity index (χ0v) is 20.0. The second-order valence-corrected chi connectivity index (χ2v) is 10.4. The molecule has 2 aromatic rings. The lowest BCUT2D eigenvalue weighted by molar-refractivity contribution is 0.00578. The van der Waals surface area contributed by atoms with Gasteiger partial charge in [0.1, 0.15) is 17.8 Å². The third-order valence-electron chi connectivity index (χ3n) is 6.50. The Hall–Kier alpha value is -2.58. The largest absolute Gasteiger partial charge is 0.498 e. The zero-order valence-electron chi connectivity index (χ0n) is 20.0. The minimum atomic E-state index is -0.578. The minimum absolute atomic E-state index is 0.0111. The lowest BCUT2D eigenvalue weighted by atomic mass is 9.77. The minimum Gasteiger partial charge on any atom is -0.497 e. The summed E-state index contributed by atoms with van der Waals surface area (Å²) in [7, 11) is 1.05. The van der Waals surface area contributed by atoms with E-state index in [0.717, 1.165) is 40.7 Å². The van der Waals surface area contributed by atoms with E-state index in [1.165, 1.54) is 6.33 Å². The highest BCUT2D eigenvalue weighted by molar-refractivity contribution is 6.63. The van der Waals surface area contributed by atoms with Crippen molar-refractivity contribution in [3.63, 3.8) is 0 Å². The average molecular weight is 437 g/mol. The van der Waals surface area contributed by atoms with Crippen LogP contribution in [0.3, 0.4) is 0 Å². The first-order valence-corrected chi connectivity index (χ1v) is 10.9. The van der Waals surface area contributed by atoms with Gasteiger partial charge in [-0.15, -0.1) is 0 Å². The van der Waals surface area contributed by atoms with Crippen LogP contribution in [0.4, 0.5) is 0 Å². The van der Waals surface area contributed by atoms with Gasteiger partial charge in [0.2, 0.25) is 5.88 Å². The molecule has 170 valence electrons. The number of rotatable bonds is 4. The van der Waals surface area contributed by atoms with Crippen molar-refractivity contribution < 1.29 is 18.8 Å². The van der Waals surface area contributed by atoms with Crippen LogP contribution in [0.15, 0.2) is 42.1 Å². The van der Waals surface area contributed by atoms with Crippen molar-refractivity contribution in [2.45, 2.75) is 65.6 Å². The van der Waals surface area contributed by atoms with Gasteiger partial charge in [0.25, 0.3) is 0 Å². The van der Waals surface area contributed by atoms with Crippen LogP contribution in [0.1, 0.15) is 54.4 Å². The van der Waals surface area contributed by atoms with E-state index in [1.807, 2.05) is 52.0 Å². The standard InChI is InChI=1S/C24H32BN3O4/c1-22(2)12-15(26)8-9-16(13-22)30-21-17-10-18(20(29-7)11-19(17)27-14-28-21)25-31-23(3,4)24(5,6)32-25/h8-11,14H,12-13,26H2,1-7H3. The van der Waals surface area contributed by atoms with Crippen molar-refractivity contribution >= 4 is 23.5 Å². The molecule has 0 bridgehead atoms. The van der Waals surface area contributed by atoms with E-state index < -0.39 is 18.3 Å². The lowest BCUT2D eigenvalue weighted by Crippen LogP contribution is -2.41. The van der Waals surface area contributed by atoms with E-state index in [-0.39, 0.29) is 5.41 Å². The summed E-state index contributed by atoms with van der Waals surface area (Å²) in [6.07, 6.45) is 6.89. The SMILES string of the molecule is COc1cc2ncnc(OC3=CC=C(N)CC(C)(C)C3)c2cc1B1OC(C)(C)C(C)(C)O1. The van der Waals surface area contributed by atoms with Gasteiger partial charge in [0, 0.05) is 23.6 Å². The summed E-state index contributed by atoms with van der Waals surface area (Å²) >= 11 is 0. The first-order valence-electron chi connectivity index (χ1n) is 10.9. The molecule has 1 fully saturated rings. The molecule has 8 heteroatoms. The average Bonchev–Trinajstić information content (AvgIpc) is 2.82. The molecular weight excluding hydrogens is 405 g/mol. The molecule has 2 heterocycles. The molecule has 1 aromatic carbocycles. The Morgan fingerprint density at radius 3 is 2.31 bits per heavy atom. The Balaban J connectivity index is 1.75. The summed E-state index contributed by atoms with van der Waals surface area (Å²) < 4.78 is 24.5. The van der Waals surface area contributed by atoms with Crippen molar-refractivity contribution in [3.05, 3.63) is 42.1 Å². The van der Waals surface area contributed by atoms with Crippen LogP contribution in [0.2, 0.25) is 0 Å². The molecule has 2 N–H and O–H groups in total. The maximum Gasteiger partial charge on any atom is 0.498 e. The second-order valence-electron chi connectivity index (χ2n) is 10.4. The van der Waals surface area contributed by atoms with Gasteiger partial charge < -0.3 is 24.5 Å². The summed E-state index contributed by atoms with van der Waals surface area (Å²) in [5.41, 5.74) is 7.51. The summed E-state index contributed by atoms with van der Waals surface area (Å²) in [6.45, 7) is 12.5. The van der Waals surface area contributed by atoms with Crippen LogP contribution in [-0.2, 0) is 9.31 Å². The lowest BCUT2D eigenvalue weighted by Gasteiger charge is -2.32. The smallest absolute Gasteiger partial charge is 0.497 e. The number of aromatic nitrogens is 2. The van der Waals surface area contributed by atoms with Gasteiger partial charge in [-0.25, -0.2) is 9.97 Å². The van der Waals surface area contributed by atoms with Crippen LogP contribution in [0.5, 0.6) is 11.6 Å². The Labute approximate surface area is 190 Å². The fourth-order valence-electron chi connectivity index (χ4n) is 4.09. The summed E-state index contributed by atoms with van der Waals surface area (Å²) in [6, 6.07) is 3.81. The molecule has 2 aliphatic rings. The van der Waals surface area contributed by atoms with Gasteiger partial charge >= 0.3 is 7.12 Å². The number of hydrogen-bond donors (Lipinski definition) is 1. The van der Waals surface area contributed by atoms with Gasteiger partial charge in [-0.05, 0) is 57.7 Å². The number of nitrogens with zero attached hydrogens (tertiary/aromatic N) is 2. The Bertz CT molecular complexity index is 1090. The van der Waals surface area contributed by atoms with Gasteiger partial charge in [0.05, 0.1) is 29.2 Å². The van der Waals surface area contributed by atoms with Crippen LogP contribution in [-0.4, -0.2) is 35.4 Å². The zero-order chi connectivity index (χ0) is 23.3. The maximum absolute atomic E-state index is 6.29. The Morgan fingerprint density at radius 2 is 1.66 bits per heavy atom. The van der Waals surface area contributed by atoms with E-state index in [0.29, 0.717) is 11.6 Å². The van der Waals surface area contributed by atoms with Gasteiger partial charge in [-0.3, -0.25) is 0 Å². The van der Waals surface area contributed by atoms with Crippen molar-refractivity contribution in [2.24, 2.45) is 11.1 Å². The molecule has 4 rings (SSSR count). The fourth-order valence-corrected chi connectivity index (χ4v) is 4.09. The molecule has 0 saturated carbocycles. The number of allylic oxidation sites excluding steroid dienone is 4. The van der Waals surface area contributed by atoms with Crippen LogP contribution in [0.25, 0.3) is 10.9 Å². The maximum atomic E-state index is 6.29. The number of methoxy groups -OCH3 is 1. The first-order chi connectivity index (χ1) is 14.9. The van der Waals surface area contributed by atoms with Crippen molar-refractivity contribution in [2.75, 3.05) is 7.11 Å². The van der Waals surface area contributed by atoms with E-state index >= 15 is 0 Å². The second kappa shape index (κ2) is 7.78. The first kappa shape index (κ1) is 22.6. The quantitative estimate of drug-likeness (QED) is 0.727. The molecule has 1 aliphatic heterocycles. The summed E-state index contributed by atoms with van der Waals surface area (Å²) in [5, 5.41) is 0.762. The van der Waals surface area contributed by atoms with Crippen molar-refractivity contribution in [3.8, 4) is 11.6 Å². The van der Waals surface area contributed by atoms with Crippen molar-refractivity contribution in [1.82, 2.24) is 9.97 Å². The summed E-state index contributed by atoms with van der Waals surface area (Å²) in [4.78, 5) is 8.85. The molecule has 0 unspecified atom stereocenters. The molecule has 32 heavy (non-hydrogen) atoms. The van der Waals surface area contributed by atoms with Gasteiger partial charge in [0.15, 0.2) is 0 Å². The van der Waals surface area contributed by atoms with Crippen LogP contribution >= 0.6 is 0 Å². The van der Waals surface area contributed by atoms with Crippen LogP contribution < -0.4 is 20.7 Å². The third kappa shape index (κ3) is 4.21. The van der Waals surface area contributed by atoms with E-state index in [2.05, 4.69) is 23.8 Å². The van der Waals surface area contributed by atoms with Crippen molar-refractivity contribution in [1.29, 1.82) is 0 Å². The molecule has 0 spiro atoms. The highest BCUT2D eigenvalue weighted by Crippen LogP contribution is 2.39. The highest BCUT2D eigenvalue weighted by atomic mass is 16.7. The fraction of sp³-hybridized carbons (Fsp3) is 0.500. The number of ether oxygens (including phenoxy) is 2. The number of benzene rings is 1. The Kier molecular flexibility index (Phi) is 5.50. The topological polar surface area (TPSA) is 88.7 Å². The molecule has 1 saturated heterocycles. The molecule has 1 aromatic heterocycles. The molecule has 0 atom stereocenters. The number of hydrogen-bond acceptors (Lipinski definition) is 7. The molecule has 0 amide bonds. The summed E-state index contributed by atoms with van der Waals surface area (Å²) in [5.74, 6) is 1.93. The predicted octanol–water partition coefficient (Wildman–Crippen LogP) is 3.86. The van der Waals surface area contributed by atoms with E-state index in [1.54, 1.807) is 7.11 Å². The predicted molar refractivity (Wildman–Crippen MR) is 126 cm³/mol. The Morgan fingerprint density at radius 1 is 0.969 bits per heavy atom. The monoisotopic (exact) mass is 437 g/mol. The number of fused-ring (bicyclic) bond motifs is 1. The molecule has 1 aliphatic carbocycles. The number of nitrogens with two attached hydrogens (primary N) is 1. The molecule has 7 nitrogen and oxygen atoms in total. The van der Waals surface area contributed by atoms with Gasteiger partial charge in [-0.2, -0.15) is 0 Å². The van der Waals surface area contributed by atoms with Crippen LogP contribution in [0, 0.1) is 5.41 Å². The van der Waals surface area contributed by atoms with E-state index in [9.17, 15) is 0 Å². The van der Waals surface area contributed by atoms with E-state index in [4.69, 9.17) is 24.5 Å². The highest BCUT2D eigenvalue weighted by Gasteiger charge is 2.52. The molecular formula is C24H32BN3O4. The van der Waals surface area contributed by atoms with Gasteiger partial charge in [-0.1, -0.05) is 13.8 Å². The third-order valence-corrected chi connectivity index (χ3v) is 6.50. The normalized spacial score (nSPS) is 21.7.